The molecule has 2 saturated heterocycles. The summed E-state index contributed by atoms with van der Waals surface area (Å²) in [5.41, 5.74) is 0.320. The van der Waals surface area contributed by atoms with Crippen molar-refractivity contribution in [3.63, 3.8) is 0 Å². The van der Waals surface area contributed by atoms with Crippen LogP contribution in [0.25, 0.3) is 11.2 Å². The first-order valence-corrected chi connectivity index (χ1v) is 16.2. The van der Waals surface area contributed by atoms with E-state index >= 15 is 0 Å². The average molecular weight is 699 g/mol. The highest BCUT2D eigenvalue weighted by Crippen LogP contribution is 2.44. The molecule has 2 aliphatic heterocycles. The Morgan fingerprint density at radius 2 is 1.82 bits per heavy atom. The van der Waals surface area contributed by atoms with E-state index in [1.54, 1.807) is 35.4 Å². The summed E-state index contributed by atoms with van der Waals surface area (Å²) >= 11 is 6.11. The van der Waals surface area contributed by atoms with Crippen LogP contribution in [0, 0.1) is 6.92 Å². The molecule has 2 aliphatic rings. The van der Waals surface area contributed by atoms with Gasteiger partial charge in [0.25, 0.3) is 5.91 Å². The van der Waals surface area contributed by atoms with Crippen LogP contribution in [0.15, 0.2) is 35.5 Å². The Balaban J connectivity index is 1.38. The van der Waals surface area contributed by atoms with Gasteiger partial charge >= 0.3 is 6.18 Å². The number of aromatic hydroxyl groups is 1. The van der Waals surface area contributed by atoms with E-state index < -0.39 is 17.6 Å². The van der Waals surface area contributed by atoms with Crippen LogP contribution in [0.5, 0.6) is 5.75 Å². The van der Waals surface area contributed by atoms with E-state index in [4.69, 9.17) is 11.6 Å². The molecule has 2 fully saturated rings. The van der Waals surface area contributed by atoms with Crippen molar-refractivity contribution in [1.29, 1.82) is 0 Å². The second kappa shape index (κ2) is 12.9. The van der Waals surface area contributed by atoms with Gasteiger partial charge < -0.3 is 24.8 Å². The molecule has 49 heavy (non-hydrogen) atoms. The molecule has 4 aromatic rings. The van der Waals surface area contributed by atoms with Crippen molar-refractivity contribution in [3.05, 3.63) is 74.2 Å². The number of anilines is 2. The molecule has 0 spiro atoms. The summed E-state index contributed by atoms with van der Waals surface area (Å²) < 4.78 is 41.2. The molecule has 258 valence electrons. The average Bonchev–Trinajstić information content (AvgIpc) is 3.32. The van der Waals surface area contributed by atoms with Crippen molar-refractivity contribution < 1.29 is 27.9 Å². The number of halogens is 4. The van der Waals surface area contributed by atoms with E-state index in [1.165, 1.54) is 12.5 Å². The van der Waals surface area contributed by atoms with Crippen molar-refractivity contribution in [3.8, 4) is 5.75 Å². The summed E-state index contributed by atoms with van der Waals surface area (Å²) in [7, 11) is 3.52. The van der Waals surface area contributed by atoms with E-state index in [0.717, 1.165) is 18.2 Å². The van der Waals surface area contributed by atoms with Gasteiger partial charge in [0.15, 0.2) is 22.6 Å². The fourth-order valence-electron chi connectivity index (χ4n) is 7.06. The monoisotopic (exact) mass is 698 g/mol. The number of alkyl halides is 3. The Morgan fingerprint density at radius 3 is 2.43 bits per heavy atom. The Bertz CT molecular complexity index is 2020. The lowest BCUT2D eigenvalue weighted by molar-refractivity contribution is -0.137. The lowest BCUT2D eigenvalue weighted by Gasteiger charge is -2.39. The Hall–Kier alpha value is -4.79. The third-order valence-corrected chi connectivity index (χ3v) is 9.65. The summed E-state index contributed by atoms with van der Waals surface area (Å²) in [5, 5.41) is 12.8. The first-order valence-electron chi connectivity index (χ1n) is 15.8. The largest absolute Gasteiger partial charge is 0.504 e. The summed E-state index contributed by atoms with van der Waals surface area (Å²) in [5.74, 6) is -1.08. The predicted molar refractivity (Wildman–Crippen MR) is 176 cm³/mol. The smallest absolute Gasteiger partial charge is 0.416 e. The number of fused-ring (bicyclic) bond motifs is 3. The number of amides is 2. The fourth-order valence-corrected chi connectivity index (χ4v) is 7.29. The second-order valence-electron chi connectivity index (χ2n) is 12.6. The van der Waals surface area contributed by atoms with E-state index in [1.807, 2.05) is 6.92 Å². The highest BCUT2D eigenvalue weighted by atomic mass is 35.5. The van der Waals surface area contributed by atoms with Crippen LogP contribution in [-0.2, 0) is 23.9 Å². The van der Waals surface area contributed by atoms with Gasteiger partial charge in [-0.1, -0.05) is 18.5 Å². The van der Waals surface area contributed by atoms with Gasteiger partial charge in [-0.25, -0.2) is 19.9 Å². The number of aromatic nitrogens is 5. The fraction of sp³-hybridized carbons (Fsp3) is 0.424. The number of nitrogens with zero attached hydrogens (tertiary/aromatic N) is 7. The predicted octanol–water partition coefficient (Wildman–Crippen LogP) is 5.09. The van der Waals surface area contributed by atoms with Gasteiger partial charge in [0, 0.05) is 37.4 Å². The topological polar surface area (TPSA) is 146 Å². The molecule has 2 bridgehead atoms. The van der Waals surface area contributed by atoms with Gasteiger partial charge in [-0.3, -0.25) is 14.4 Å². The van der Waals surface area contributed by atoms with Crippen LogP contribution in [0.4, 0.5) is 24.7 Å². The number of nitrogens with one attached hydrogen (secondary N) is 1. The van der Waals surface area contributed by atoms with Crippen LogP contribution in [0.3, 0.4) is 0 Å². The van der Waals surface area contributed by atoms with Crippen LogP contribution < -0.4 is 15.6 Å². The lowest BCUT2D eigenvalue weighted by Crippen LogP contribution is -2.47. The number of carbonyl (C=O) groups is 2. The first kappa shape index (κ1) is 34.1. The minimum atomic E-state index is -4.60. The van der Waals surface area contributed by atoms with E-state index in [0.29, 0.717) is 54.9 Å². The van der Waals surface area contributed by atoms with Crippen LogP contribution >= 0.6 is 11.6 Å². The molecule has 0 aliphatic carbocycles. The van der Waals surface area contributed by atoms with Crippen molar-refractivity contribution in [2.75, 3.05) is 24.3 Å². The quantitative estimate of drug-likeness (QED) is 0.270. The normalized spacial score (nSPS) is 18.9. The number of aryl methyl sites for hydroxylation is 1. The highest BCUT2D eigenvalue weighted by molar-refractivity contribution is 6.33. The molecule has 0 saturated carbocycles. The molecule has 2 N–H and O–H groups in total. The molecule has 3 aromatic heterocycles. The van der Waals surface area contributed by atoms with Crippen LogP contribution in [-0.4, -0.2) is 72.5 Å². The molecule has 2 amide bonds. The number of piperidine rings is 1. The molecule has 1 unspecified atom stereocenters. The number of benzene rings is 1. The maximum Gasteiger partial charge on any atom is 0.416 e. The number of carbonyl (C=O) groups excluding carboxylic acids is 2. The Morgan fingerprint density at radius 1 is 1.12 bits per heavy atom. The first-order chi connectivity index (χ1) is 23.2. The highest BCUT2D eigenvalue weighted by Gasteiger charge is 2.46. The summed E-state index contributed by atoms with van der Waals surface area (Å²) in [6.07, 6.45) is 0.850. The van der Waals surface area contributed by atoms with Crippen molar-refractivity contribution in [2.45, 2.75) is 76.7 Å². The van der Waals surface area contributed by atoms with Crippen LogP contribution in [0.2, 0.25) is 5.02 Å². The molecule has 16 heteroatoms. The number of rotatable bonds is 7. The molecular weight excluding hydrogens is 665 g/mol. The maximum absolute atomic E-state index is 14.3. The Kier molecular flexibility index (Phi) is 8.98. The van der Waals surface area contributed by atoms with E-state index in [-0.39, 0.29) is 69.2 Å². The molecule has 12 nitrogen and oxygen atoms in total. The van der Waals surface area contributed by atoms with E-state index in [9.17, 15) is 32.7 Å². The van der Waals surface area contributed by atoms with Gasteiger partial charge in [0.1, 0.15) is 18.7 Å². The second-order valence-corrected chi connectivity index (χ2v) is 13.0. The summed E-state index contributed by atoms with van der Waals surface area (Å²) in [6, 6.07) is 2.23. The molecule has 6 rings (SSSR count). The SMILES string of the molecule is CCc1c(C2C[C@H]3CC[C@@H](C2)N3C(=O)c2ncnc(C)c2O)c(=O)c2nc(N(C)C)cnc2n1CC(=O)Nc1ccc(C(F)(F)F)cc1Cl. The zero-order valence-electron chi connectivity index (χ0n) is 27.2. The van der Waals surface area contributed by atoms with Crippen LogP contribution in [0.1, 0.15) is 71.5 Å². The molecule has 1 aromatic carbocycles. The standard InChI is InChI=1S/C33H34ClF3N8O4/c1-5-23-26(17-10-19-7-8-20(11-17)45(19)32(49)28-29(47)16(2)39-15-40-28)30(48)27-31(38-13-24(42-27)43(3)4)44(23)14-25(46)41-22-9-6-18(12-21(22)34)33(35,36)37/h6,9,12-13,15,17,19-20,47H,5,7-8,10-11,14H2,1-4H3,(H,41,46)/t17?,19-,20+. The Labute approximate surface area is 284 Å². The minimum absolute atomic E-state index is 0.00259. The van der Waals surface area contributed by atoms with Gasteiger partial charge in [0.2, 0.25) is 11.3 Å². The zero-order valence-corrected chi connectivity index (χ0v) is 27.9. The third-order valence-electron chi connectivity index (χ3n) is 9.34. The molecule has 3 atom stereocenters. The third kappa shape index (κ3) is 6.27. The van der Waals surface area contributed by atoms with E-state index in [2.05, 4.69) is 25.3 Å². The summed E-state index contributed by atoms with van der Waals surface area (Å²) in [6.45, 7) is 3.13. The maximum atomic E-state index is 14.3. The van der Waals surface area contributed by atoms with Gasteiger partial charge in [0.05, 0.1) is 28.2 Å². The lowest BCUT2D eigenvalue weighted by atomic mass is 9.83. The molecule has 5 heterocycles. The van der Waals surface area contributed by atoms with Crippen molar-refractivity contribution in [2.24, 2.45) is 0 Å². The minimum Gasteiger partial charge on any atom is -0.504 e. The van der Waals surface area contributed by atoms with Crippen molar-refractivity contribution >= 4 is 46.1 Å². The zero-order chi connectivity index (χ0) is 35.4. The van der Waals surface area contributed by atoms with Gasteiger partial charge in [-0.2, -0.15) is 13.2 Å². The van der Waals surface area contributed by atoms with Gasteiger partial charge in [-0.05, 0) is 63.1 Å². The molecular formula is C33H34ClF3N8O4. The number of hydrogen-bond donors (Lipinski definition) is 2. The molecule has 0 radical (unpaired) electrons. The van der Waals surface area contributed by atoms with Crippen molar-refractivity contribution in [1.82, 2.24) is 29.4 Å². The number of pyridine rings is 1. The van der Waals surface area contributed by atoms with Gasteiger partial charge in [-0.15, -0.1) is 0 Å². The summed E-state index contributed by atoms with van der Waals surface area (Å²) in [4.78, 5) is 62.1. The number of hydrogen-bond acceptors (Lipinski definition) is 9.